The molecule has 0 unspecified atom stereocenters. The summed E-state index contributed by atoms with van der Waals surface area (Å²) in [5.41, 5.74) is 0.613. The summed E-state index contributed by atoms with van der Waals surface area (Å²) in [4.78, 5) is 19.5. The van der Waals surface area contributed by atoms with Crippen molar-refractivity contribution in [3.8, 4) is 0 Å². The van der Waals surface area contributed by atoms with E-state index in [-0.39, 0.29) is 5.91 Å². The van der Waals surface area contributed by atoms with E-state index in [4.69, 9.17) is 11.6 Å². The second-order valence-corrected chi connectivity index (χ2v) is 4.81. The fraction of sp³-hybridized carbons (Fsp3) is 0.182. The summed E-state index contributed by atoms with van der Waals surface area (Å²) in [6, 6.07) is 1.71. The largest absolute Gasteiger partial charge is 0.337 e. The molecule has 5 nitrogen and oxygen atoms in total. The van der Waals surface area contributed by atoms with E-state index in [2.05, 4.69) is 31.2 Å². The summed E-state index contributed by atoms with van der Waals surface area (Å²) >= 11 is 9.01. The van der Waals surface area contributed by atoms with E-state index in [1.54, 1.807) is 18.6 Å². The van der Waals surface area contributed by atoms with Gasteiger partial charge in [0.2, 0.25) is 5.91 Å². The summed E-state index contributed by atoms with van der Waals surface area (Å²) in [5.74, 6) is -0.0836. The first-order valence-electron chi connectivity index (χ1n) is 5.22. The van der Waals surface area contributed by atoms with E-state index < -0.39 is 0 Å². The van der Waals surface area contributed by atoms with Gasteiger partial charge in [0.15, 0.2) is 0 Å². The maximum atomic E-state index is 11.7. The molecule has 2 rings (SSSR count). The highest BCUT2D eigenvalue weighted by atomic mass is 79.9. The van der Waals surface area contributed by atoms with Gasteiger partial charge >= 0.3 is 0 Å². The molecule has 0 aliphatic heterocycles. The van der Waals surface area contributed by atoms with Crippen LogP contribution in [-0.2, 0) is 11.3 Å². The fourth-order valence-corrected chi connectivity index (χ4v) is 1.82. The molecular formula is C11H10BrClN4O. The molecule has 0 fully saturated rings. The van der Waals surface area contributed by atoms with Crippen molar-refractivity contribution < 1.29 is 4.79 Å². The quantitative estimate of drug-likeness (QED) is 0.877. The molecule has 0 bridgehead atoms. The summed E-state index contributed by atoms with van der Waals surface area (Å²) in [7, 11) is 0. The molecule has 18 heavy (non-hydrogen) atoms. The lowest BCUT2D eigenvalue weighted by Crippen LogP contribution is -2.14. The summed E-state index contributed by atoms with van der Waals surface area (Å²) in [6.07, 6.45) is 7.05. The fourth-order valence-electron chi connectivity index (χ4n) is 1.36. The average molecular weight is 330 g/mol. The van der Waals surface area contributed by atoms with E-state index in [0.29, 0.717) is 28.3 Å². The van der Waals surface area contributed by atoms with Crippen molar-refractivity contribution in [3.63, 3.8) is 0 Å². The van der Waals surface area contributed by atoms with E-state index >= 15 is 0 Å². The van der Waals surface area contributed by atoms with Gasteiger partial charge in [-0.05, 0) is 22.0 Å². The number of nitrogens with one attached hydrogen (secondary N) is 1. The molecule has 0 saturated carbocycles. The standard InChI is InChI=1S/C11H10BrClN4O/c12-9-5-8(6-15-11(9)13)16-10(18)1-3-17-4-2-14-7-17/h2,4-7H,1,3H2,(H,16,18). The predicted molar refractivity (Wildman–Crippen MR) is 72.4 cm³/mol. The third-order valence-corrected chi connectivity index (χ3v) is 3.37. The second kappa shape index (κ2) is 5.97. The number of hydrogen-bond donors (Lipinski definition) is 1. The first-order valence-corrected chi connectivity index (χ1v) is 6.39. The van der Waals surface area contributed by atoms with Gasteiger partial charge in [0.05, 0.1) is 22.7 Å². The Bertz CT molecular complexity index is 544. The van der Waals surface area contributed by atoms with E-state index in [0.717, 1.165) is 0 Å². The van der Waals surface area contributed by atoms with Crippen molar-refractivity contribution in [1.82, 2.24) is 14.5 Å². The minimum atomic E-state index is -0.0836. The molecule has 0 spiro atoms. The van der Waals surface area contributed by atoms with Crippen molar-refractivity contribution in [3.05, 3.63) is 40.6 Å². The lowest BCUT2D eigenvalue weighted by Gasteiger charge is -2.06. The van der Waals surface area contributed by atoms with E-state index in [1.165, 1.54) is 6.20 Å². The molecule has 0 saturated heterocycles. The summed E-state index contributed by atoms with van der Waals surface area (Å²) < 4.78 is 2.49. The van der Waals surface area contributed by atoms with Gasteiger partial charge < -0.3 is 9.88 Å². The third-order valence-electron chi connectivity index (χ3n) is 2.24. The SMILES string of the molecule is O=C(CCn1ccnc1)Nc1cnc(Cl)c(Br)c1. The summed E-state index contributed by atoms with van der Waals surface area (Å²) in [5, 5.41) is 3.12. The average Bonchev–Trinajstić information content (AvgIpc) is 2.84. The molecule has 7 heteroatoms. The number of pyridine rings is 1. The van der Waals surface area contributed by atoms with Crippen molar-refractivity contribution in [2.24, 2.45) is 0 Å². The second-order valence-electron chi connectivity index (χ2n) is 3.60. The molecule has 0 aliphatic carbocycles. The van der Waals surface area contributed by atoms with Gasteiger partial charge in [-0.2, -0.15) is 0 Å². The van der Waals surface area contributed by atoms with Crippen LogP contribution in [-0.4, -0.2) is 20.4 Å². The molecule has 0 aromatic carbocycles. The number of hydrogen-bond acceptors (Lipinski definition) is 3. The van der Waals surface area contributed by atoms with Gasteiger partial charge in [-0.1, -0.05) is 11.6 Å². The molecule has 0 atom stereocenters. The molecule has 2 aromatic rings. The molecule has 1 N–H and O–H groups in total. The van der Waals surface area contributed by atoms with Crippen molar-refractivity contribution >= 4 is 39.1 Å². The number of rotatable bonds is 4. The van der Waals surface area contributed by atoms with Crippen LogP contribution in [0.25, 0.3) is 0 Å². The molecule has 2 aromatic heterocycles. The van der Waals surface area contributed by atoms with Gasteiger partial charge in [-0.15, -0.1) is 0 Å². The number of imidazole rings is 1. The molecular weight excluding hydrogens is 320 g/mol. The zero-order valence-corrected chi connectivity index (χ0v) is 11.6. The number of aromatic nitrogens is 3. The molecule has 0 aliphatic rings. The predicted octanol–water partition coefficient (Wildman–Crippen LogP) is 2.72. The minimum absolute atomic E-state index is 0.0836. The van der Waals surface area contributed by atoms with Crippen molar-refractivity contribution in [1.29, 1.82) is 0 Å². The Labute approximate surface area is 117 Å². The number of carbonyl (C=O) groups excluding carboxylic acids is 1. The Morgan fingerprint density at radius 2 is 2.39 bits per heavy atom. The lowest BCUT2D eigenvalue weighted by molar-refractivity contribution is -0.116. The normalized spacial score (nSPS) is 10.3. The van der Waals surface area contributed by atoms with Crippen LogP contribution in [0.3, 0.4) is 0 Å². The van der Waals surface area contributed by atoms with Gasteiger partial charge in [-0.25, -0.2) is 9.97 Å². The van der Waals surface area contributed by atoms with Crippen molar-refractivity contribution in [2.75, 3.05) is 5.32 Å². The van der Waals surface area contributed by atoms with Crippen LogP contribution in [0.1, 0.15) is 6.42 Å². The highest BCUT2D eigenvalue weighted by molar-refractivity contribution is 9.10. The molecule has 1 amide bonds. The topological polar surface area (TPSA) is 59.8 Å². The zero-order valence-electron chi connectivity index (χ0n) is 9.31. The minimum Gasteiger partial charge on any atom is -0.337 e. The number of amides is 1. The number of halogens is 2. The number of nitrogens with zero attached hydrogens (tertiary/aromatic N) is 3. The third kappa shape index (κ3) is 3.54. The number of anilines is 1. The summed E-state index contributed by atoms with van der Waals surface area (Å²) in [6.45, 7) is 0.591. The van der Waals surface area contributed by atoms with Crippen LogP contribution in [0.2, 0.25) is 5.15 Å². The van der Waals surface area contributed by atoms with Crippen LogP contribution in [0.5, 0.6) is 0 Å². The Morgan fingerprint density at radius 3 is 3.06 bits per heavy atom. The Kier molecular flexibility index (Phi) is 4.33. The van der Waals surface area contributed by atoms with Crippen LogP contribution in [0.15, 0.2) is 35.5 Å². The Hall–Kier alpha value is -1.40. The van der Waals surface area contributed by atoms with Gasteiger partial charge in [0, 0.05) is 25.4 Å². The number of carbonyl (C=O) groups is 1. The maximum Gasteiger partial charge on any atom is 0.226 e. The molecule has 2 heterocycles. The smallest absolute Gasteiger partial charge is 0.226 e. The first kappa shape index (κ1) is 13.0. The van der Waals surface area contributed by atoms with Crippen molar-refractivity contribution in [2.45, 2.75) is 13.0 Å². The Balaban J connectivity index is 1.88. The van der Waals surface area contributed by atoms with Crippen LogP contribution in [0.4, 0.5) is 5.69 Å². The van der Waals surface area contributed by atoms with Gasteiger partial charge in [0.25, 0.3) is 0 Å². The zero-order chi connectivity index (χ0) is 13.0. The Morgan fingerprint density at radius 1 is 1.56 bits per heavy atom. The van der Waals surface area contributed by atoms with E-state index in [1.807, 2.05) is 10.8 Å². The van der Waals surface area contributed by atoms with Gasteiger partial charge in [-0.3, -0.25) is 4.79 Å². The number of aryl methyl sites for hydroxylation is 1. The van der Waals surface area contributed by atoms with Crippen LogP contribution < -0.4 is 5.32 Å². The highest BCUT2D eigenvalue weighted by Crippen LogP contribution is 2.22. The van der Waals surface area contributed by atoms with Crippen LogP contribution >= 0.6 is 27.5 Å². The highest BCUT2D eigenvalue weighted by Gasteiger charge is 2.05. The molecule has 0 radical (unpaired) electrons. The molecule has 94 valence electrons. The first-order chi connectivity index (χ1) is 8.65. The van der Waals surface area contributed by atoms with Gasteiger partial charge in [0.1, 0.15) is 5.15 Å². The van der Waals surface area contributed by atoms with Crippen LogP contribution in [0, 0.1) is 0 Å². The lowest BCUT2D eigenvalue weighted by atomic mass is 10.3. The maximum absolute atomic E-state index is 11.7. The monoisotopic (exact) mass is 328 g/mol. The van der Waals surface area contributed by atoms with E-state index in [9.17, 15) is 4.79 Å².